The van der Waals surface area contributed by atoms with Crippen molar-refractivity contribution in [3.63, 3.8) is 0 Å². The van der Waals surface area contributed by atoms with Crippen LogP contribution in [0.15, 0.2) is 59.7 Å². The maximum Gasteiger partial charge on any atom is 0.191 e. The lowest BCUT2D eigenvalue weighted by Crippen LogP contribution is -2.36. The molecule has 1 aromatic heterocycles. The van der Waals surface area contributed by atoms with Crippen molar-refractivity contribution in [3.05, 3.63) is 66.1 Å². The molecule has 7 heteroatoms. The van der Waals surface area contributed by atoms with Crippen LogP contribution in [0.1, 0.15) is 11.4 Å². The van der Waals surface area contributed by atoms with Crippen LogP contribution in [-0.2, 0) is 13.1 Å². The highest BCUT2D eigenvalue weighted by molar-refractivity contribution is 5.79. The Kier molecular flexibility index (Phi) is 6.51. The fourth-order valence-electron chi connectivity index (χ4n) is 2.78. The predicted octanol–water partition coefficient (Wildman–Crippen LogP) is 2.96. The number of nitrogens with zero attached hydrogens (tertiary/aromatic N) is 2. The van der Waals surface area contributed by atoms with Gasteiger partial charge >= 0.3 is 0 Å². The highest BCUT2D eigenvalue weighted by Gasteiger charge is 2.07. The smallest absolute Gasteiger partial charge is 0.191 e. The van der Waals surface area contributed by atoms with Crippen LogP contribution in [-0.4, -0.2) is 37.2 Å². The van der Waals surface area contributed by atoms with E-state index in [1.165, 1.54) is 0 Å². The van der Waals surface area contributed by atoms with E-state index < -0.39 is 0 Å². The van der Waals surface area contributed by atoms with Crippen molar-refractivity contribution < 1.29 is 9.47 Å². The number of nitrogens with one attached hydrogen (secondary N) is 3. The summed E-state index contributed by atoms with van der Waals surface area (Å²) in [5.41, 5.74) is 3.11. The lowest BCUT2D eigenvalue weighted by atomic mass is 10.2. The lowest BCUT2D eigenvalue weighted by Gasteiger charge is -2.14. The fraction of sp³-hybridized carbons (Fsp3) is 0.238. The van der Waals surface area contributed by atoms with Crippen molar-refractivity contribution >= 4 is 5.96 Å². The highest BCUT2D eigenvalue weighted by Crippen LogP contribution is 2.24. The first-order valence-corrected chi connectivity index (χ1v) is 8.98. The summed E-state index contributed by atoms with van der Waals surface area (Å²) in [5.74, 6) is 3.04. The number of hydrogen-bond donors (Lipinski definition) is 3. The Morgan fingerprint density at radius 2 is 1.82 bits per heavy atom. The molecule has 3 rings (SSSR count). The van der Waals surface area contributed by atoms with Crippen LogP contribution in [0.2, 0.25) is 0 Å². The zero-order valence-corrected chi connectivity index (χ0v) is 16.3. The first-order valence-electron chi connectivity index (χ1n) is 8.98. The van der Waals surface area contributed by atoms with Crippen LogP contribution in [0.4, 0.5) is 0 Å². The van der Waals surface area contributed by atoms with Gasteiger partial charge in [0.05, 0.1) is 32.7 Å². The summed E-state index contributed by atoms with van der Waals surface area (Å²) in [6.45, 7) is 1.10. The number of aliphatic imine (C=N–C) groups is 1. The molecule has 0 atom stereocenters. The van der Waals surface area contributed by atoms with E-state index in [0.29, 0.717) is 19.0 Å². The third-order valence-electron chi connectivity index (χ3n) is 4.30. The number of hydrogen-bond acceptors (Lipinski definition) is 4. The Labute approximate surface area is 164 Å². The summed E-state index contributed by atoms with van der Waals surface area (Å²) in [6.07, 6.45) is 1.84. The number of ether oxygens (including phenoxy) is 2. The zero-order chi connectivity index (χ0) is 19.8. The van der Waals surface area contributed by atoms with Gasteiger partial charge in [0, 0.05) is 25.2 Å². The monoisotopic (exact) mass is 379 g/mol. The van der Waals surface area contributed by atoms with Crippen molar-refractivity contribution in [2.45, 2.75) is 13.1 Å². The molecule has 0 saturated heterocycles. The minimum Gasteiger partial charge on any atom is -0.497 e. The van der Waals surface area contributed by atoms with Gasteiger partial charge in [0.15, 0.2) is 5.96 Å². The van der Waals surface area contributed by atoms with Gasteiger partial charge in [0.25, 0.3) is 0 Å². The molecule has 0 unspecified atom stereocenters. The third-order valence-corrected chi connectivity index (χ3v) is 4.30. The number of aromatic nitrogens is 2. The van der Waals surface area contributed by atoms with Crippen molar-refractivity contribution in [3.8, 4) is 22.8 Å². The Morgan fingerprint density at radius 1 is 1.04 bits per heavy atom. The first kappa shape index (κ1) is 19.3. The molecule has 0 aliphatic carbocycles. The van der Waals surface area contributed by atoms with E-state index in [0.717, 1.165) is 34.1 Å². The van der Waals surface area contributed by atoms with Gasteiger partial charge in [0.2, 0.25) is 0 Å². The summed E-state index contributed by atoms with van der Waals surface area (Å²) in [4.78, 5) is 12.0. The third kappa shape index (κ3) is 4.82. The van der Waals surface area contributed by atoms with Crippen LogP contribution in [0.5, 0.6) is 11.5 Å². The molecule has 28 heavy (non-hydrogen) atoms. The summed E-state index contributed by atoms with van der Waals surface area (Å²) >= 11 is 0. The largest absolute Gasteiger partial charge is 0.497 e. The Hall–Kier alpha value is -3.48. The van der Waals surface area contributed by atoms with Crippen LogP contribution < -0.4 is 20.1 Å². The van der Waals surface area contributed by atoms with E-state index in [9.17, 15) is 0 Å². The zero-order valence-electron chi connectivity index (χ0n) is 16.3. The van der Waals surface area contributed by atoms with Crippen LogP contribution >= 0.6 is 0 Å². The molecule has 0 amide bonds. The van der Waals surface area contributed by atoms with Crippen molar-refractivity contribution in [2.75, 3.05) is 21.3 Å². The molecular formula is C21H25N5O2. The molecule has 0 aliphatic heterocycles. The number of aromatic amines is 1. The van der Waals surface area contributed by atoms with E-state index in [1.807, 2.05) is 54.7 Å². The average Bonchev–Trinajstić information content (AvgIpc) is 3.23. The SMILES string of the molecule is CN=C(NCc1ncc(-c2ccccc2)[nH]1)NCc1ccc(OC)cc1OC. The van der Waals surface area contributed by atoms with Gasteiger partial charge < -0.3 is 25.1 Å². The molecule has 2 aromatic carbocycles. The van der Waals surface area contributed by atoms with E-state index >= 15 is 0 Å². The molecule has 0 spiro atoms. The molecule has 146 valence electrons. The van der Waals surface area contributed by atoms with E-state index in [4.69, 9.17) is 9.47 Å². The minimum atomic E-state index is 0.534. The van der Waals surface area contributed by atoms with Crippen LogP contribution in [0, 0.1) is 0 Å². The lowest BCUT2D eigenvalue weighted by molar-refractivity contribution is 0.390. The average molecular weight is 379 g/mol. The summed E-state index contributed by atoms with van der Waals surface area (Å²) < 4.78 is 10.7. The predicted molar refractivity (Wildman–Crippen MR) is 111 cm³/mol. The fourth-order valence-corrected chi connectivity index (χ4v) is 2.78. The van der Waals surface area contributed by atoms with Gasteiger partial charge in [-0.05, 0) is 17.7 Å². The standard InChI is InChI=1S/C21H25N5O2/c1-22-21(24-12-16-9-10-17(27-2)11-19(16)28-3)25-14-20-23-13-18(26-20)15-7-5-4-6-8-15/h4-11,13H,12,14H2,1-3H3,(H,23,26)(H2,22,24,25). The minimum absolute atomic E-state index is 0.534. The van der Waals surface area contributed by atoms with Crippen molar-refractivity contribution in [2.24, 2.45) is 4.99 Å². The van der Waals surface area contributed by atoms with Gasteiger partial charge in [-0.1, -0.05) is 30.3 Å². The molecule has 1 heterocycles. The second kappa shape index (κ2) is 9.45. The molecule has 0 aliphatic rings. The second-order valence-electron chi connectivity index (χ2n) is 6.07. The second-order valence-corrected chi connectivity index (χ2v) is 6.07. The van der Waals surface area contributed by atoms with Gasteiger partial charge in [0.1, 0.15) is 17.3 Å². The first-order chi connectivity index (χ1) is 13.7. The van der Waals surface area contributed by atoms with Crippen LogP contribution in [0.3, 0.4) is 0 Å². The molecule has 0 bridgehead atoms. The van der Waals surface area contributed by atoms with E-state index in [1.54, 1.807) is 21.3 Å². The number of methoxy groups -OCH3 is 2. The molecule has 0 fully saturated rings. The maximum atomic E-state index is 5.43. The highest BCUT2D eigenvalue weighted by atomic mass is 16.5. The van der Waals surface area contributed by atoms with Gasteiger partial charge in [-0.25, -0.2) is 4.98 Å². The van der Waals surface area contributed by atoms with E-state index in [-0.39, 0.29) is 0 Å². The quantitative estimate of drug-likeness (QED) is 0.434. The molecule has 3 N–H and O–H groups in total. The van der Waals surface area contributed by atoms with Crippen molar-refractivity contribution in [1.29, 1.82) is 0 Å². The summed E-state index contributed by atoms with van der Waals surface area (Å²) in [6, 6.07) is 15.8. The van der Waals surface area contributed by atoms with Gasteiger partial charge in [-0.15, -0.1) is 0 Å². The summed E-state index contributed by atoms with van der Waals surface area (Å²) in [5, 5.41) is 6.54. The van der Waals surface area contributed by atoms with Gasteiger partial charge in [-0.2, -0.15) is 0 Å². The number of guanidine groups is 1. The van der Waals surface area contributed by atoms with Gasteiger partial charge in [-0.3, -0.25) is 4.99 Å². The normalized spacial score (nSPS) is 11.2. The number of H-pyrrole nitrogens is 1. The molecule has 0 radical (unpaired) electrons. The Morgan fingerprint density at radius 3 is 2.54 bits per heavy atom. The van der Waals surface area contributed by atoms with Crippen molar-refractivity contribution in [1.82, 2.24) is 20.6 Å². The topological polar surface area (TPSA) is 83.6 Å². The number of rotatable bonds is 7. The maximum absolute atomic E-state index is 5.43. The van der Waals surface area contributed by atoms with Crippen LogP contribution in [0.25, 0.3) is 11.3 Å². The Bertz CT molecular complexity index is 922. The number of benzene rings is 2. The molecular weight excluding hydrogens is 354 g/mol. The molecule has 3 aromatic rings. The molecule has 7 nitrogen and oxygen atoms in total. The Balaban J connectivity index is 1.56. The molecule has 0 saturated carbocycles. The summed E-state index contributed by atoms with van der Waals surface area (Å²) in [7, 11) is 5.01. The number of imidazole rings is 1. The van der Waals surface area contributed by atoms with E-state index in [2.05, 4.69) is 25.6 Å².